The summed E-state index contributed by atoms with van der Waals surface area (Å²) in [4.78, 5) is 15.2. The molecular weight excluding hydrogens is 324 g/mol. The molecule has 0 bridgehead atoms. The van der Waals surface area contributed by atoms with E-state index < -0.39 is 0 Å². The van der Waals surface area contributed by atoms with Gasteiger partial charge in [-0.05, 0) is 43.1 Å². The lowest BCUT2D eigenvalue weighted by Gasteiger charge is -2.27. The number of carbonyl (C=O) groups is 1. The second kappa shape index (κ2) is 8.82. The third-order valence-electron chi connectivity index (χ3n) is 3.95. The molecule has 2 N–H and O–H groups in total. The number of hydrogen-bond acceptors (Lipinski definition) is 5. The molecule has 24 heavy (non-hydrogen) atoms. The molecule has 0 spiro atoms. The maximum atomic E-state index is 12.3. The molecule has 0 fully saturated rings. The van der Waals surface area contributed by atoms with Gasteiger partial charge in [-0.1, -0.05) is 18.2 Å². The fraction of sp³-hybridized carbons (Fsp3) is 0.389. The first-order valence-corrected chi connectivity index (χ1v) is 8.71. The average Bonchev–Trinajstić information content (AvgIpc) is 3.10. The fourth-order valence-electron chi connectivity index (χ4n) is 2.56. The van der Waals surface area contributed by atoms with E-state index in [2.05, 4.69) is 5.32 Å². The topological polar surface area (TPSA) is 61.8 Å². The van der Waals surface area contributed by atoms with Gasteiger partial charge in [-0.3, -0.25) is 9.69 Å². The molecule has 2 atom stereocenters. The minimum Gasteiger partial charge on any atom is -0.497 e. The number of methoxy groups -OCH3 is 1. The van der Waals surface area contributed by atoms with Gasteiger partial charge >= 0.3 is 0 Å². The third-order valence-corrected chi connectivity index (χ3v) is 5.00. The molecule has 0 aliphatic heterocycles. The average molecular weight is 348 g/mol. The number of likely N-dealkylation sites (N-methyl/N-ethyl adjacent to an activating group) is 1. The number of aliphatic hydroxyl groups is 1. The maximum Gasteiger partial charge on any atom is 0.234 e. The van der Waals surface area contributed by atoms with E-state index in [-0.39, 0.29) is 31.1 Å². The largest absolute Gasteiger partial charge is 0.497 e. The van der Waals surface area contributed by atoms with Crippen LogP contribution in [-0.4, -0.2) is 43.2 Å². The minimum atomic E-state index is -0.237. The van der Waals surface area contributed by atoms with Crippen LogP contribution in [0.1, 0.15) is 29.4 Å². The van der Waals surface area contributed by atoms with Crippen molar-refractivity contribution in [1.29, 1.82) is 0 Å². The van der Waals surface area contributed by atoms with E-state index in [4.69, 9.17) is 4.74 Å². The normalized spacial score (nSPS) is 13.5. The van der Waals surface area contributed by atoms with Gasteiger partial charge in [0.25, 0.3) is 0 Å². The number of nitrogens with zero attached hydrogens (tertiary/aromatic N) is 1. The molecule has 1 aromatic carbocycles. The number of carbonyl (C=O) groups excluding carboxylic acids is 1. The van der Waals surface area contributed by atoms with Gasteiger partial charge in [0.1, 0.15) is 5.75 Å². The monoisotopic (exact) mass is 348 g/mol. The molecule has 130 valence electrons. The van der Waals surface area contributed by atoms with E-state index in [1.54, 1.807) is 18.4 Å². The van der Waals surface area contributed by atoms with E-state index in [9.17, 15) is 9.90 Å². The SMILES string of the molecule is COc1ccc(C(CO)N(C)CC(=O)NC(C)c2cccs2)cc1. The highest BCUT2D eigenvalue weighted by molar-refractivity contribution is 7.10. The quantitative estimate of drug-likeness (QED) is 0.770. The summed E-state index contributed by atoms with van der Waals surface area (Å²) in [7, 11) is 3.45. The molecule has 5 nitrogen and oxygen atoms in total. The molecule has 1 heterocycles. The molecule has 2 rings (SSSR count). The molecule has 2 unspecified atom stereocenters. The minimum absolute atomic E-state index is 0.0144. The van der Waals surface area contributed by atoms with Crippen molar-refractivity contribution in [1.82, 2.24) is 10.2 Å². The van der Waals surface area contributed by atoms with Crippen molar-refractivity contribution < 1.29 is 14.6 Å². The van der Waals surface area contributed by atoms with Crippen LogP contribution in [0, 0.1) is 0 Å². The van der Waals surface area contributed by atoms with Crippen molar-refractivity contribution in [3.63, 3.8) is 0 Å². The Balaban J connectivity index is 1.95. The number of benzene rings is 1. The lowest BCUT2D eigenvalue weighted by atomic mass is 10.1. The summed E-state index contributed by atoms with van der Waals surface area (Å²) in [6.07, 6.45) is 0. The number of nitrogens with one attached hydrogen (secondary N) is 1. The predicted molar refractivity (Wildman–Crippen MR) is 96.3 cm³/mol. The zero-order valence-corrected chi connectivity index (χ0v) is 15.0. The Labute approximate surface area is 146 Å². The van der Waals surface area contributed by atoms with E-state index in [0.29, 0.717) is 0 Å². The number of hydrogen-bond donors (Lipinski definition) is 2. The zero-order valence-electron chi connectivity index (χ0n) is 14.2. The highest BCUT2D eigenvalue weighted by Gasteiger charge is 2.20. The summed E-state index contributed by atoms with van der Waals surface area (Å²) in [5.74, 6) is 0.700. The van der Waals surface area contributed by atoms with Crippen molar-refractivity contribution >= 4 is 17.2 Å². The molecule has 0 aliphatic carbocycles. The smallest absolute Gasteiger partial charge is 0.234 e. The van der Waals surface area contributed by atoms with Crippen LogP contribution >= 0.6 is 11.3 Å². The van der Waals surface area contributed by atoms with Gasteiger partial charge in [0.05, 0.1) is 32.3 Å². The van der Waals surface area contributed by atoms with Crippen LogP contribution < -0.4 is 10.1 Å². The summed E-state index contributed by atoms with van der Waals surface area (Å²) < 4.78 is 5.15. The molecule has 0 saturated carbocycles. The first kappa shape index (κ1) is 18.4. The van der Waals surface area contributed by atoms with Crippen LogP contribution in [0.2, 0.25) is 0 Å². The Morgan fingerprint density at radius 1 is 1.33 bits per heavy atom. The summed E-state index contributed by atoms with van der Waals surface area (Å²) in [6.45, 7) is 2.13. The second-order valence-electron chi connectivity index (χ2n) is 5.69. The van der Waals surface area contributed by atoms with Crippen LogP contribution in [0.25, 0.3) is 0 Å². The van der Waals surface area contributed by atoms with Crippen LogP contribution in [-0.2, 0) is 4.79 Å². The summed E-state index contributed by atoms with van der Waals surface area (Å²) in [5, 5.41) is 14.7. The van der Waals surface area contributed by atoms with Gasteiger partial charge in [0.15, 0.2) is 0 Å². The van der Waals surface area contributed by atoms with Crippen molar-refractivity contribution in [3.8, 4) is 5.75 Å². The molecule has 1 amide bonds. The van der Waals surface area contributed by atoms with Gasteiger partial charge in [0, 0.05) is 4.88 Å². The van der Waals surface area contributed by atoms with Gasteiger partial charge < -0.3 is 15.2 Å². The fourth-order valence-corrected chi connectivity index (χ4v) is 3.29. The van der Waals surface area contributed by atoms with Crippen molar-refractivity contribution in [2.75, 3.05) is 27.3 Å². The first-order valence-electron chi connectivity index (χ1n) is 7.83. The Bertz CT molecular complexity index is 628. The number of aliphatic hydroxyl groups excluding tert-OH is 1. The molecule has 0 aliphatic rings. The molecule has 2 aromatic rings. The van der Waals surface area contributed by atoms with E-state index in [1.165, 1.54) is 0 Å². The highest BCUT2D eigenvalue weighted by Crippen LogP contribution is 2.22. The molecule has 0 radical (unpaired) electrons. The van der Waals surface area contributed by atoms with E-state index >= 15 is 0 Å². The standard InChI is InChI=1S/C18H24N2O3S/c1-13(17-5-4-10-24-17)19-18(22)11-20(2)16(12-21)14-6-8-15(23-3)9-7-14/h4-10,13,16,21H,11-12H2,1-3H3,(H,19,22). The van der Waals surface area contributed by atoms with Crippen LogP contribution in [0.15, 0.2) is 41.8 Å². The Morgan fingerprint density at radius 3 is 2.58 bits per heavy atom. The third kappa shape index (κ3) is 4.80. The van der Waals surface area contributed by atoms with Crippen LogP contribution in [0.5, 0.6) is 5.75 Å². The van der Waals surface area contributed by atoms with Crippen molar-refractivity contribution in [2.45, 2.75) is 19.0 Å². The number of amides is 1. The van der Waals surface area contributed by atoms with Gasteiger partial charge in [-0.15, -0.1) is 11.3 Å². The van der Waals surface area contributed by atoms with E-state index in [1.807, 2.05) is 60.6 Å². The molecule has 1 aromatic heterocycles. The van der Waals surface area contributed by atoms with Gasteiger partial charge in [0.2, 0.25) is 5.91 Å². The number of thiophene rings is 1. The maximum absolute atomic E-state index is 12.3. The van der Waals surface area contributed by atoms with Crippen molar-refractivity contribution in [3.05, 3.63) is 52.2 Å². The summed E-state index contributed by atoms with van der Waals surface area (Å²) in [5.41, 5.74) is 0.944. The molecule has 0 saturated heterocycles. The Morgan fingerprint density at radius 2 is 2.04 bits per heavy atom. The van der Waals surface area contributed by atoms with Crippen molar-refractivity contribution in [2.24, 2.45) is 0 Å². The lowest BCUT2D eigenvalue weighted by Crippen LogP contribution is -2.39. The van der Waals surface area contributed by atoms with Gasteiger partial charge in [-0.2, -0.15) is 0 Å². The number of rotatable bonds is 8. The van der Waals surface area contributed by atoms with Crippen LogP contribution in [0.3, 0.4) is 0 Å². The van der Waals surface area contributed by atoms with Crippen LogP contribution in [0.4, 0.5) is 0 Å². The zero-order chi connectivity index (χ0) is 17.5. The Kier molecular flexibility index (Phi) is 6.78. The summed E-state index contributed by atoms with van der Waals surface area (Å²) >= 11 is 1.62. The lowest BCUT2D eigenvalue weighted by molar-refractivity contribution is -0.123. The first-order chi connectivity index (χ1) is 11.5. The number of ether oxygens (including phenoxy) is 1. The summed E-state index contributed by atoms with van der Waals surface area (Å²) in [6, 6.07) is 11.2. The highest BCUT2D eigenvalue weighted by atomic mass is 32.1. The predicted octanol–water partition coefficient (Wildman–Crippen LogP) is 2.60. The van der Waals surface area contributed by atoms with Gasteiger partial charge in [-0.25, -0.2) is 0 Å². The molecular formula is C18H24N2O3S. The Hall–Kier alpha value is -1.89. The molecule has 6 heteroatoms. The second-order valence-corrected chi connectivity index (χ2v) is 6.67. The van der Waals surface area contributed by atoms with E-state index in [0.717, 1.165) is 16.2 Å².